The summed E-state index contributed by atoms with van der Waals surface area (Å²) in [5, 5.41) is 13.7. The van der Waals surface area contributed by atoms with E-state index in [2.05, 4.69) is 25.2 Å². The summed E-state index contributed by atoms with van der Waals surface area (Å²) in [5.74, 6) is 0.999. The molecule has 1 aliphatic rings. The molecule has 1 heterocycles. The average molecular weight is 219 g/mol. The lowest BCUT2D eigenvalue weighted by Crippen LogP contribution is -2.28. The molecule has 0 aromatic heterocycles. The van der Waals surface area contributed by atoms with E-state index < -0.39 is 0 Å². The maximum Gasteiger partial charge on any atom is 0.122 e. The summed E-state index contributed by atoms with van der Waals surface area (Å²) in [6.45, 7) is 8.28. The van der Waals surface area contributed by atoms with Gasteiger partial charge in [0.25, 0.3) is 0 Å². The Kier molecular flexibility index (Phi) is 3.20. The van der Waals surface area contributed by atoms with Crippen LogP contribution in [-0.2, 0) is 0 Å². The SMILES string of the molecule is Cc1cc(C)c(C2CCCNC2)c(O)c1C. The summed E-state index contributed by atoms with van der Waals surface area (Å²) in [4.78, 5) is 0. The van der Waals surface area contributed by atoms with Crippen LogP contribution in [0.5, 0.6) is 5.75 Å². The van der Waals surface area contributed by atoms with E-state index in [0.29, 0.717) is 11.7 Å². The minimum Gasteiger partial charge on any atom is -0.507 e. The molecule has 0 aliphatic carbocycles. The van der Waals surface area contributed by atoms with E-state index in [0.717, 1.165) is 24.2 Å². The second-order valence-corrected chi connectivity index (χ2v) is 4.94. The molecular formula is C14H21NO. The van der Waals surface area contributed by atoms with Gasteiger partial charge in [-0.3, -0.25) is 0 Å². The number of aryl methyl sites for hydroxylation is 2. The molecule has 1 aromatic carbocycles. The number of aromatic hydroxyl groups is 1. The molecule has 0 bridgehead atoms. The van der Waals surface area contributed by atoms with Crippen LogP contribution >= 0.6 is 0 Å². The summed E-state index contributed by atoms with van der Waals surface area (Å²) in [5.41, 5.74) is 4.61. The predicted octanol–water partition coefficient (Wildman–Crippen LogP) is 2.78. The number of hydrogen-bond donors (Lipinski definition) is 2. The zero-order valence-electron chi connectivity index (χ0n) is 10.4. The van der Waals surface area contributed by atoms with Gasteiger partial charge in [0.1, 0.15) is 5.75 Å². The molecule has 1 aromatic rings. The monoisotopic (exact) mass is 219 g/mol. The molecule has 0 saturated carbocycles. The minimum atomic E-state index is 0.480. The molecule has 1 saturated heterocycles. The third kappa shape index (κ3) is 1.94. The first kappa shape index (κ1) is 11.5. The van der Waals surface area contributed by atoms with Gasteiger partial charge in [-0.25, -0.2) is 0 Å². The Bertz CT molecular complexity index is 392. The van der Waals surface area contributed by atoms with Gasteiger partial charge in [0.05, 0.1) is 0 Å². The fourth-order valence-corrected chi connectivity index (χ4v) is 2.70. The molecule has 2 nitrogen and oxygen atoms in total. The van der Waals surface area contributed by atoms with Crippen molar-refractivity contribution in [1.29, 1.82) is 0 Å². The predicted molar refractivity (Wildman–Crippen MR) is 67.2 cm³/mol. The summed E-state index contributed by atoms with van der Waals surface area (Å²) < 4.78 is 0. The maximum atomic E-state index is 10.3. The van der Waals surface area contributed by atoms with Gasteiger partial charge in [0, 0.05) is 18.0 Å². The third-order valence-corrected chi connectivity index (χ3v) is 3.76. The molecule has 2 rings (SSSR count). The standard InChI is InChI=1S/C14H21NO/c1-9-7-10(2)13(14(16)11(9)3)12-5-4-6-15-8-12/h7,12,15-16H,4-6,8H2,1-3H3. The van der Waals surface area contributed by atoms with Crippen molar-refractivity contribution in [2.45, 2.75) is 39.5 Å². The first-order valence-electron chi connectivity index (χ1n) is 6.11. The summed E-state index contributed by atoms with van der Waals surface area (Å²) >= 11 is 0. The first-order valence-corrected chi connectivity index (χ1v) is 6.11. The highest BCUT2D eigenvalue weighted by Gasteiger charge is 2.21. The number of piperidine rings is 1. The lowest BCUT2D eigenvalue weighted by atomic mass is 9.85. The van der Waals surface area contributed by atoms with E-state index in [1.165, 1.54) is 24.0 Å². The molecule has 16 heavy (non-hydrogen) atoms. The Morgan fingerprint density at radius 3 is 2.62 bits per heavy atom. The second-order valence-electron chi connectivity index (χ2n) is 4.94. The van der Waals surface area contributed by atoms with E-state index in [4.69, 9.17) is 0 Å². The van der Waals surface area contributed by atoms with Gasteiger partial charge < -0.3 is 10.4 Å². The Morgan fingerprint density at radius 2 is 2.00 bits per heavy atom. The van der Waals surface area contributed by atoms with Crippen LogP contribution in [0.1, 0.15) is 41.0 Å². The average Bonchev–Trinajstić information content (AvgIpc) is 2.28. The quantitative estimate of drug-likeness (QED) is 0.761. The number of phenolic OH excluding ortho intramolecular Hbond substituents is 1. The number of phenols is 1. The first-order chi connectivity index (χ1) is 7.61. The zero-order chi connectivity index (χ0) is 11.7. The normalized spacial score (nSPS) is 21.1. The van der Waals surface area contributed by atoms with Crippen LogP contribution in [0, 0.1) is 20.8 Å². The number of hydrogen-bond acceptors (Lipinski definition) is 2. The van der Waals surface area contributed by atoms with Gasteiger partial charge in [-0.05, 0) is 56.8 Å². The number of nitrogens with one attached hydrogen (secondary N) is 1. The van der Waals surface area contributed by atoms with Crippen molar-refractivity contribution in [3.8, 4) is 5.75 Å². The lowest BCUT2D eigenvalue weighted by Gasteiger charge is -2.26. The Morgan fingerprint density at radius 1 is 1.25 bits per heavy atom. The van der Waals surface area contributed by atoms with Crippen molar-refractivity contribution in [3.05, 3.63) is 28.3 Å². The van der Waals surface area contributed by atoms with Crippen LogP contribution < -0.4 is 5.32 Å². The van der Waals surface area contributed by atoms with Gasteiger partial charge in [0.2, 0.25) is 0 Å². The highest BCUT2D eigenvalue weighted by Crippen LogP contribution is 2.36. The molecular weight excluding hydrogens is 198 g/mol. The van der Waals surface area contributed by atoms with E-state index in [1.54, 1.807) is 0 Å². The van der Waals surface area contributed by atoms with Crippen LogP contribution in [0.15, 0.2) is 6.07 Å². The van der Waals surface area contributed by atoms with Crippen molar-refractivity contribution in [2.75, 3.05) is 13.1 Å². The molecule has 0 spiro atoms. The molecule has 2 heteroatoms. The smallest absolute Gasteiger partial charge is 0.122 e. The third-order valence-electron chi connectivity index (χ3n) is 3.76. The Labute approximate surface area is 97.7 Å². The van der Waals surface area contributed by atoms with Crippen LogP contribution in [0.3, 0.4) is 0 Å². The van der Waals surface area contributed by atoms with E-state index in [-0.39, 0.29) is 0 Å². The topological polar surface area (TPSA) is 32.3 Å². The number of rotatable bonds is 1. The molecule has 0 amide bonds. The fraction of sp³-hybridized carbons (Fsp3) is 0.571. The van der Waals surface area contributed by atoms with Crippen molar-refractivity contribution < 1.29 is 5.11 Å². The van der Waals surface area contributed by atoms with Gasteiger partial charge in [-0.2, -0.15) is 0 Å². The van der Waals surface area contributed by atoms with Crippen LogP contribution in [0.25, 0.3) is 0 Å². The van der Waals surface area contributed by atoms with E-state index >= 15 is 0 Å². The van der Waals surface area contributed by atoms with Crippen LogP contribution in [0.2, 0.25) is 0 Å². The van der Waals surface area contributed by atoms with Gasteiger partial charge in [-0.1, -0.05) is 6.07 Å². The van der Waals surface area contributed by atoms with Crippen molar-refractivity contribution >= 4 is 0 Å². The van der Waals surface area contributed by atoms with Crippen molar-refractivity contribution in [3.63, 3.8) is 0 Å². The molecule has 88 valence electrons. The van der Waals surface area contributed by atoms with Crippen molar-refractivity contribution in [1.82, 2.24) is 5.32 Å². The zero-order valence-corrected chi connectivity index (χ0v) is 10.4. The Balaban J connectivity index is 2.42. The van der Waals surface area contributed by atoms with Gasteiger partial charge in [-0.15, -0.1) is 0 Å². The van der Waals surface area contributed by atoms with Crippen molar-refractivity contribution in [2.24, 2.45) is 0 Å². The highest BCUT2D eigenvalue weighted by molar-refractivity contribution is 5.50. The largest absolute Gasteiger partial charge is 0.507 e. The molecule has 1 aliphatic heterocycles. The van der Waals surface area contributed by atoms with Gasteiger partial charge >= 0.3 is 0 Å². The summed E-state index contributed by atoms with van der Waals surface area (Å²) in [6.07, 6.45) is 2.39. The molecule has 0 radical (unpaired) electrons. The Hall–Kier alpha value is -1.02. The maximum absolute atomic E-state index is 10.3. The summed E-state index contributed by atoms with van der Waals surface area (Å²) in [7, 11) is 0. The minimum absolute atomic E-state index is 0.480. The molecule has 2 N–H and O–H groups in total. The summed E-state index contributed by atoms with van der Waals surface area (Å²) in [6, 6.07) is 2.19. The molecule has 1 atom stereocenters. The lowest BCUT2D eigenvalue weighted by molar-refractivity contribution is 0.421. The van der Waals surface area contributed by atoms with Gasteiger partial charge in [0.15, 0.2) is 0 Å². The van der Waals surface area contributed by atoms with E-state index in [9.17, 15) is 5.11 Å². The van der Waals surface area contributed by atoms with Crippen LogP contribution in [0.4, 0.5) is 0 Å². The molecule has 1 fully saturated rings. The highest BCUT2D eigenvalue weighted by atomic mass is 16.3. The van der Waals surface area contributed by atoms with Crippen LogP contribution in [-0.4, -0.2) is 18.2 Å². The number of benzene rings is 1. The fourth-order valence-electron chi connectivity index (χ4n) is 2.70. The molecule has 1 unspecified atom stereocenters. The second kappa shape index (κ2) is 4.46. The van der Waals surface area contributed by atoms with E-state index in [1.807, 2.05) is 6.92 Å².